The van der Waals surface area contributed by atoms with Gasteiger partial charge in [-0.25, -0.2) is 43.9 Å². The monoisotopic (exact) mass is 718 g/mol. The molecule has 0 aliphatic carbocycles. The van der Waals surface area contributed by atoms with E-state index in [0.29, 0.717) is 0 Å². The van der Waals surface area contributed by atoms with Gasteiger partial charge in [0.05, 0.1) is 11.1 Å². The Balaban J connectivity index is 1.89. The van der Waals surface area contributed by atoms with E-state index in [1.165, 1.54) is 97.1 Å². The first-order chi connectivity index (χ1) is 24.5. The predicted octanol–water partition coefficient (Wildman–Crippen LogP) is 9.95. The van der Waals surface area contributed by atoms with Gasteiger partial charge in [0.2, 0.25) is 11.6 Å². The maximum absolute atomic E-state index is 16.4. The van der Waals surface area contributed by atoms with Crippen LogP contribution in [-0.2, 0) is 0 Å². The van der Waals surface area contributed by atoms with Crippen LogP contribution < -0.4 is 10.4 Å². The smallest absolute Gasteiger partial charge is 0.200 e. The fourth-order valence-corrected chi connectivity index (χ4v) is 12.5. The second kappa shape index (κ2) is 12.9. The summed E-state index contributed by atoms with van der Waals surface area (Å²) in [5.41, 5.74) is -3.09. The summed E-state index contributed by atoms with van der Waals surface area (Å²) >= 11 is 0. The van der Waals surface area contributed by atoms with Gasteiger partial charge in [0.15, 0.2) is 54.6 Å². The van der Waals surface area contributed by atoms with Gasteiger partial charge in [0.25, 0.3) is 0 Å². The summed E-state index contributed by atoms with van der Waals surface area (Å²) in [7, 11) is -4.98. The second-order valence-electron chi connectivity index (χ2n) is 11.6. The summed E-state index contributed by atoms with van der Waals surface area (Å²) in [6.45, 7) is 0. The molecule has 0 fully saturated rings. The van der Waals surface area contributed by atoms with Crippen LogP contribution in [0, 0.1) is 58.2 Å². The molecular formula is C40H20F10Si. The molecule has 0 N–H and O–H groups in total. The molecule has 0 aromatic heterocycles. The van der Waals surface area contributed by atoms with Crippen molar-refractivity contribution in [1.29, 1.82) is 0 Å². The summed E-state index contributed by atoms with van der Waals surface area (Å²) in [4.78, 5) is 0. The van der Waals surface area contributed by atoms with Crippen LogP contribution >= 0.6 is 0 Å². The Labute approximate surface area is 285 Å². The second-order valence-corrected chi connectivity index (χ2v) is 15.3. The number of halogens is 10. The summed E-state index contributed by atoms with van der Waals surface area (Å²) in [5.74, 6) is -23.0. The average molecular weight is 719 g/mol. The fraction of sp³-hybridized carbons (Fsp3) is 0. The average Bonchev–Trinajstić information content (AvgIpc) is 3.48. The van der Waals surface area contributed by atoms with Gasteiger partial charge in [-0.3, -0.25) is 0 Å². The van der Waals surface area contributed by atoms with E-state index in [0.717, 1.165) is 0 Å². The van der Waals surface area contributed by atoms with Gasteiger partial charge in [-0.15, -0.1) is 0 Å². The van der Waals surface area contributed by atoms with E-state index >= 15 is 35.1 Å². The lowest BCUT2D eigenvalue weighted by atomic mass is 9.89. The molecule has 0 spiro atoms. The number of rotatable bonds is 6. The summed E-state index contributed by atoms with van der Waals surface area (Å²) in [6.07, 6.45) is 0. The number of allylic oxidation sites excluding steroid dienone is 2. The van der Waals surface area contributed by atoms with Gasteiger partial charge in [0.1, 0.15) is 0 Å². The first-order valence-corrected chi connectivity index (χ1v) is 17.3. The van der Waals surface area contributed by atoms with Crippen LogP contribution in [-0.4, -0.2) is 8.07 Å². The quantitative estimate of drug-likeness (QED) is 0.0697. The van der Waals surface area contributed by atoms with Gasteiger partial charge < -0.3 is 0 Å². The normalized spacial score (nSPS) is 14.1. The SMILES string of the molecule is Fc1c(F)c(F)c(C2=C(c3ccccc3)C(c3ccccc3)=C(c3c(F)c(F)c(F)c(F)c3F)[Si]2(c2ccccc2)c2ccccc2)c(F)c1F. The summed E-state index contributed by atoms with van der Waals surface area (Å²) < 4.78 is 156. The largest absolute Gasteiger partial charge is 0.203 e. The van der Waals surface area contributed by atoms with E-state index in [1.807, 2.05) is 0 Å². The highest BCUT2D eigenvalue weighted by atomic mass is 28.3. The van der Waals surface area contributed by atoms with Gasteiger partial charge in [-0.05, 0) is 43.0 Å². The molecule has 1 heterocycles. The fourth-order valence-electron chi connectivity index (χ4n) is 6.93. The topological polar surface area (TPSA) is 0 Å². The zero-order chi connectivity index (χ0) is 36.2. The Hall–Kier alpha value is -5.68. The predicted molar refractivity (Wildman–Crippen MR) is 177 cm³/mol. The molecule has 6 aromatic rings. The standard InChI is InChI=1S/C40H20F10Si/c41-29-27(30(42)34(46)37(49)33(29)45)39-25(21-13-5-1-6-14-21)26(22-15-7-2-8-16-22)40(28-31(43)35(47)38(50)36(48)32(28)44)51(39,23-17-9-3-10-18-23)24-19-11-4-12-20-24/h1-20H. The lowest BCUT2D eigenvalue weighted by Crippen LogP contribution is -2.60. The van der Waals surface area contributed by atoms with Crippen LogP contribution in [0.15, 0.2) is 121 Å². The van der Waals surface area contributed by atoms with Crippen molar-refractivity contribution < 1.29 is 43.9 Å². The number of hydrogen-bond donors (Lipinski definition) is 0. The maximum Gasteiger partial charge on any atom is 0.200 e. The lowest BCUT2D eigenvalue weighted by molar-refractivity contribution is 0.376. The van der Waals surface area contributed by atoms with E-state index in [4.69, 9.17) is 0 Å². The number of benzene rings is 6. The van der Waals surface area contributed by atoms with Gasteiger partial charge in [-0.1, -0.05) is 121 Å². The molecular weight excluding hydrogens is 699 g/mol. The molecule has 7 rings (SSSR count). The summed E-state index contributed by atoms with van der Waals surface area (Å²) in [6, 6.07) is 29.6. The molecule has 0 bridgehead atoms. The molecule has 51 heavy (non-hydrogen) atoms. The molecule has 0 unspecified atom stereocenters. The zero-order valence-corrected chi connectivity index (χ0v) is 26.8. The van der Waals surface area contributed by atoms with E-state index in [-0.39, 0.29) is 32.6 Å². The van der Waals surface area contributed by atoms with Crippen molar-refractivity contribution in [3.8, 4) is 0 Å². The van der Waals surface area contributed by atoms with Crippen LogP contribution in [0.2, 0.25) is 0 Å². The third-order valence-corrected chi connectivity index (χ3v) is 13.9. The lowest BCUT2D eigenvalue weighted by Gasteiger charge is -2.36. The highest BCUT2D eigenvalue weighted by Gasteiger charge is 2.56. The Morgan fingerprint density at radius 2 is 0.510 bits per heavy atom. The van der Waals surface area contributed by atoms with Crippen molar-refractivity contribution >= 4 is 40.0 Å². The Morgan fingerprint density at radius 1 is 0.275 bits per heavy atom. The first-order valence-electron chi connectivity index (χ1n) is 15.3. The molecule has 0 saturated carbocycles. The molecule has 6 aromatic carbocycles. The highest BCUT2D eigenvalue weighted by molar-refractivity contribution is 7.29. The van der Waals surface area contributed by atoms with Gasteiger partial charge in [0, 0.05) is 0 Å². The Kier molecular flexibility index (Phi) is 8.54. The third kappa shape index (κ3) is 4.97. The molecule has 1 aliphatic heterocycles. The minimum absolute atomic E-state index is 0.0773. The van der Waals surface area contributed by atoms with Crippen LogP contribution in [0.1, 0.15) is 22.3 Å². The van der Waals surface area contributed by atoms with Crippen molar-refractivity contribution in [3.05, 3.63) is 202 Å². The van der Waals surface area contributed by atoms with E-state index in [2.05, 4.69) is 0 Å². The molecule has 0 radical (unpaired) electrons. The van der Waals surface area contributed by atoms with Crippen molar-refractivity contribution in [1.82, 2.24) is 0 Å². The molecule has 254 valence electrons. The van der Waals surface area contributed by atoms with E-state index in [1.54, 1.807) is 24.3 Å². The minimum atomic E-state index is -4.98. The first kappa shape index (κ1) is 33.8. The van der Waals surface area contributed by atoms with E-state index < -0.39 is 87.8 Å². The molecule has 0 nitrogen and oxygen atoms in total. The van der Waals surface area contributed by atoms with Crippen LogP contribution in [0.25, 0.3) is 21.5 Å². The molecule has 0 atom stereocenters. The molecule has 0 saturated heterocycles. The minimum Gasteiger partial charge on any atom is -0.203 e. The van der Waals surface area contributed by atoms with Crippen LogP contribution in [0.5, 0.6) is 0 Å². The van der Waals surface area contributed by atoms with Crippen LogP contribution in [0.4, 0.5) is 43.9 Å². The maximum atomic E-state index is 16.4. The van der Waals surface area contributed by atoms with Crippen molar-refractivity contribution in [2.24, 2.45) is 0 Å². The molecule has 0 amide bonds. The third-order valence-electron chi connectivity index (χ3n) is 8.96. The Morgan fingerprint density at radius 3 is 0.784 bits per heavy atom. The summed E-state index contributed by atoms with van der Waals surface area (Å²) in [5, 5.41) is -0.963. The molecule has 11 heteroatoms. The van der Waals surface area contributed by atoms with Crippen LogP contribution in [0.3, 0.4) is 0 Å². The van der Waals surface area contributed by atoms with E-state index in [9.17, 15) is 8.78 Å². The van der Waals surface area contributed by atoms with Crippen molar-refractivity contribution in [2.75, 3.05) is 0 Å². The highest BCUT2D eigenvalue weighted by Crippen LogP contribution is 2.57. The van der Waals surface area contributed by atoms with Gasteiger partial charge >= 0.3 is 0 Å². The van der Waals surface area contributed by atoms with Crippen molar-refractivity contribution in [2.45, 2.75) is 0 Å². The Bertz CT molecular complexity index is 2160. The zero-order valence-electron chi connectivity index (χ0n) is 25.8. The molecule has 1 aliphatic rings. The number of hydrogen-bond acceptors (Lipinski definition) is 0. The van der Waals surface area contributed by atoms with Gasteiger partial charge in [-0.2, -0.15) is 0 Å². The van der Waals surface area contributed by atoms with Crippen molar-refractivity contribution in [3.63, 3.8) is 0 Å².